The molecule has 38 heavy (non-hydrogen) atoms. The molecule has 4 aromatic rings. The van der Waals surface area contributed by atoms with Crippen LogP contribution in [0.4, 0.5) is 0 Å². The van der Waals surface area contributed by atoms with Crippen LogP contribution >= 0.6 is 0 Å². The number of amides is 1. The molecule has 0 spiro atoms. The fraction of sp³-hybridized carbons (Fsp3) is 0.300. The lowest BCUT2D eigenvalue weighted by atomic mass is 10.0. The van der Waals surface area contributed by atoms with Gasteiger partial charge in [-0.05, 0) is 42.0 Å². The Morgan fingerprint density at radius 1 is 1.05 bits per heavy atom. The van der Waals surface area contributed by atoms with Crippen LogP contribution in [0.5, 0.6) is 11.5 Å². The van der Waals surface area contributed by atoms with Crippen LogP contribution in [0.25, 0.3) is 33.6 Å². The highest BCUT2D eigenvalue weighted by molar-refractivity contribution is 5.97. The van der Waals surface area contributed by atoms with Gasteiger partial charge in [-0.2, -0.15) is 0 Å². The Hall–Kier alpha value is -4.17. The summed E-state index contributed by atoms with van der Waals surface area (Å²) in [5.41, 5.74) is 5.44. The molecule has 0 saturated carbocycles. The summed E-state index contributed by atoms with van der Waals surface area (Å²) in [6.07, 6.45) is 5.46. The summed E-state index contributed by atoms with van der Waals surface area (Å²) >= 11 is 0. The van der Waals surface area contributed by atoms with Crippen molar-refractivity contribution in [1.29, 1.82) is 0 Å². The van der Waals surface area contributed by atoms with Crippen LogP contribution in [-0.4, -0.2) is 69.6 Å². The molecule has 1 aliphatic heterocycles. The van der Waals surface area contributed by atoms with Crippen molar-refractivity contribution < 1.29 is 23.4 Å². The molecule has 0 unspecified atom stereocenters. The number of aliphatic imine (C=N–C) groups is 1. The van der Waals surface area contributed by atoms with Gasteiger partial charge in [-0.3, -0.25) is 14.8 Å². The Kier molecular flexibility index (Phi) is 7.42. The number of carbonyl (C=O) groups excluding carboxylic acids is 1. The molecule has 0 atom stereocenters. The lowest BCUT2D eigenvalue weighted by Crippen LogP contribution is -2.26. The number of hydrogen-bond donors (Lipinski definition) is 0. The maximum absolute atomic E-state index is 12.4. The van der Waals surface area contributed by atoms with E-state index in [0.29, 0.717) is 22.7 Å². The maximum atomic E-state index is 12.4. The monoisotopic (exact) mass is 513 g/mol. The van der Waals surface area contributed by atoms with E-state index in [1.165, 1.54) is 4.90 Å². The number of aromatic nitrogens is 1. The first kappa shape index (κ1) is 25.5. The van der Waals surface area contributed by atoms with E-state index in [1.54, 1.807) is 46.6 Å². The smallest absolute Gasteiger partial charge is 0.253 e. The summed E-state index contributed by atoms with van der Waals surface area (Å²) in [7, 11) is 6.77. The summed E-state index contributed by atoms with van der Waals surface area (Å²) in [4.78, 5) is 22.7. The molecule has 1 saturated heterocycles. The molecule has 0 aliphatic carbocycles. The van der Waals surface area contributed by atoms with Gasteiger partial charge in [-0.15, -0.1) is 0 Å². The minimum Gasteiger partial charge on any atom is -0.496 e. The van der Waals surface area contributed by atoms with Crippen molar-refractivity contribution in [1.82, 2.24) is 9.88 Å². The molecular formula is C30H31N3O5. The van der Waals surface area contributed by atoms with Gasteiger partial charge < -0.3 is 23.5 Å². The van der Waals surface area contributed by atoms with Crippen molar-refractivity contribution in [2.24, 2.45) is 4.99 Å². The van der Waals surface area contributed by atoms with E-state index >= 15 is 0 Å². The Balaban J connectivity index is 1.52. The molecule has 5 rings (SSSR count). The molecule has 2 aromatic heterocycles. The van der Waals surface area contributed by atoms with Gasteiger partial charge in [-0.1, -0.05) is 6.07 Å². The number of pyridine rings is 1. The molecule has 196 valence electrons. The number of methoxy groups -OCH3 is 1. The van der Waals surface area contributed by atoms with Gasteiger partial charge in [0.2, 0.25) is 0 Å². The van der Waals surface area contributed by atoms with Gasteiger partial charge in [0.25, 0.3) is 5.91 Å². The largest absolute Gasteiger partial charge is 0.496 e. The van der Waals surface area contributed by atoms with Crippen molar-refractivity contribution in [3.63, 3.8) is 0 Å². The molecule has 8 heteroatoms. The first-order valence-corrected chi connectivity index (χ1v) is 12.6. The number of furan rings is 1. The summed E-state index contributed by atoms with van der Waals surface area (Å²) in [5.74, 6) is 1.86. The number of ether oxygens (including phenoxy) is 3. The number of hydrogen-bond acceptors (Lipinski definition) is 7. The zero-order chi connectivity index (χ0) is 26.6. The first-order valence-electron chi connectivity index (χ1n) is 12.6. The fourth-order valence-electron chi connectivity index (χ4n) is 4.62. The summed E-state index contributed by atoms with van der Waals surface area (Å²) in [6, 6.07) is 15.2. The van der Waals surface area contributed by atoms with Gasteiger partial charge in [0, 0.05) is 69.2 Å². The second-order valence-electron chi connectivity index (χ2n) is 9.37. The van der Waals surface area contributed by atoms with Gasteiger partial charge in [0.1, 0.15) is 28.9 Å². The Morgan fingerprint density at radius 3 is 2.61 bits per heavy atom. The van der Waals surface area contributed by atoms with Crippen LogP contribution in [0.1, 0.15) is 28.8 Å². The predicted molar refractivity (Wildman–Crippen MR) is 147 cm³/mol. The summed E-state index contributed by atoms with van der Waals surface area (Å²) in [5, 5.41) is 0. The number of nitrogens with zero attached hydrogens (tertiary/aromatic N) is 3. The Bertz CT molecular complexity index is 1480. The summed E-state index contributed by atoms with van der Waals surface area (Å²) < 4.78 is 23.7. The minimum absolute atomic E-state index is 0.0981. The Morgan fingerprint density at radius 2 is 1.87 bits per heavy atom. The molecule has 1 fully saturated rings. The van der Waals surface area contributed by atoms with E-state index < -0.39 is 0 Å². The van der Waals surface area contributed by atoms with Crippen molar-refractivity contribution in [3.05, 3.63) is 65.9 Å². The second-order valence-corrected chi connectivity index (χ2v) is 9.37. The third-order valence-electron chi connectivity index (χ3n) is 6.58. The molecule has 8 nitrogen and oxygen atoms in total. The highest BCUT2D eigenvalue weighted by Gasteiger charge is 2.20. The average Bonchev–Trinajstić information content (AvgIpc) is 3.38. The number of benzene rings is 2. The van der Waals surface area contributed by atoms with Crippen molar-refractivity contribution >= 4 is 23.2 Å². The van der Waals surface area contributed by atoms with Crippen molar-refractivity contribution in [3.8, 4) is 33.9 Å². The quantitative estimate of drug-likeness (QED) is 0.304. The molecule has 1 amide bonds. The summed E-state index contributed by atoms with van der Waals surface area (Å²) in [6.45, 7) is 1.44. The molecule has 0 bridgehead atoms. The van der Waals surface area contributed by atoms with Gasteiger partial charge >= 0.3 is 0 Å². The molecule has 2 aromatic carbocycles. The van der Waals surface area contributed by atoms with E-state index in [0.717, 1.165) is 59.6 Å². The first-order chi connectivity index (χ1) is 18.5. The van der Waals surface area contributed by atoms with E-state index in [4.69, 9.17) is 18.6 Å². The van der Waals surface area contributed by atoms with Crippen molar-refractivity contribution in [2.45, 2.75) is 18.9 Å². The second kappa shape index (κ2) is 11.1. The van der Waals surface area contributed by atoms with Crippen LogP contribution in [0.2, 0.25) is 0 Å². The lowest BCUT2D eigenvalue weighted by molar-refractivity contribution is 0.0255. The third kappa shape index (κ3) is 5.13. The van der Waals surface area contributed by atoms with Crippen LogP contribution in [0.15, 0.2) is 64.1 Å². The van der Waals surface area contributed by atoms with E-state index in [-0.39, 0.29) is 12.0 Å². The normalized spacial score (nSPS) is 14.2. The zero-order valence-electron chi connectivity index (χ0n) is 22.1. The van der Waals surface area contributed by atoms with E-state index in [1.807, 2.05) is 36.5 Å². The van der Waals surface area contributed by atoms with Gasteiger partial charge in [0.05, 0.1) is 25.9 Å². The standard InChI is InChI=1S/C30H31N3O5/c1-31-18-21-15-19(6-8-26(21)37-22-10-13-36-14-11-22)23-9-12-32-25-17-28(38-29(23)25)24-7-5-20(16-27(24)35-4)30(34)33(2)3/h5-9,12,15-18,22H,10-11,13-14H2,1-4H3. The maximum Gasteiger partial charge on any atom is 0.253 e. The third-order valence-corrected chi connectivity index (χ3v) is 6.58. The Labute approximate surface area is 221 Å². The SMILES string of the molecule is CN=Cc1cc(-c2ccnc3cc(-c4ccc(C(=O)N(C)C)cc4OC)oc23)ccc1OC1CCOCC1. The van der Waals surface area contributed by atoms with Gasteiger partial charge in [-0.25, -0.2) is 0 Å². The van der Waals surface area contributed by atoms with E-state index in [9.17, 15) is 4.79 Å². The van der Waals surface area contributed by atoms with Crippen LogP contribution < -0.4 is 9.47 Å². The number of rotatable bonds is 7. The predicted octanol–water partition coefficient (Wildman–Crippen LogP) is 5.48. The van der Waals surface area contributed by atoms with Crippen LogP contribution in [0.3, 0.4) is 0 Å². The molecule has 3 heterocycles. The minimum atomic E-state index is -0.0981. The van der Waals surface area contributed by atoms with Crippen LogP contribution in [-0.2, 0) is 4.74 Å². The number of fused-ring (bicyclic) bond motifs is 1. The topological polar surface area (TPSA) is 86.4 Å². The van der Waals surface area contributed by atoms with Crippen molar-refractivity contribution in [2.75, 3.05) is 41.5 Å². The number of carbonyl (C=O) groups is 1. The average molecular weight is 514 g/mol. The zero-order valence-corrected chi connectivity index (χ0v) is 22.1. The highest BCUT2D eigenvalue weighted by atomic mass is 16.5. The fourth-order valence-corrected chi connectivity index (χ4v) is 4.62. The van der Waals surface area contributed by atoms with Crippen LogP contribution in [0, 0.1) is 0 Å². The van der Waals surface area contributed by atoms with E-state index in [2.05, 4.69) is 16.0 Å². The molecule has 0 N–H and O–H groups in total. The highest BCUT2D eigenvalue weighted by Crippen LogP contribution is 2.38. The molecule has 0 radical (unpaired) electrons. The molecular weight excluding hydrogens is 482 g/mol. The molecule has 1 aliphatic rings. The lowest BCUT2D eigenvalue weighted by Gasteiger charge is -2.24. The van der Waals surface area contributed by atoms with Gasteiger partial charge in [0.15, 0.2) is 5.58 Å².